The van der Waals surface area contributed by atoms with E-state index in [-0.39, 0.29) is 4.70 Å². The standard InChI is InChI=1S/C19H42N2.C18H39N.FH/c1-2-3-4-5-6-7-8-9-10-11-12-13-14-15-18-21-19-16-17-20;1-3-5-7-9-11-13-15-17-18(19)16-14-12-10-8-6-4-2;/h21H,2-20H2,1H3;18H,3-17,19H2,1-2H3;1H. The molecule has 5 N–H and O–H groups in total. The van der Waals surface area contributed by atoms with Crippen molar-refractivity contribution >= 4 is 0 Å². The average Bonchev–Trinajstić information content (AvgIpc) is 2.96. The summed E-state index contributed by atoms with van der Waals surface area (Å²) in [4.78, 5) is 0. The molecule has 0 aliphatic heterocycles. The first-order chi connectivity index (χ1) is 19.7. The Hall–Kier alpha value is -0.190. The lowest BCUT2D eigenvalue weighted by Crippen LogP contribution is -2.19. The fourth-order valence-electron chi connectivity index (χ4n) is 5.49. The summed E-state index contributed by atoms with van der Waals surface area (Å²) in [6.45, 7) is 9.93. The molecule has 0 saturated carbocycles. The van der Waals surface area contributed by atoms with Crippen LogP contribution < -0.4 is 16.8 Å². The van der Waals surface area contributed by atoms with Gasteiger partial charge in [-0.3, -0.25) is 4.70 Å². The molecule has 3 nitrogen and oxygen atoms in total. The van der Waals surface area contributed by atoms with Crippen LogP contribution in [0.5, 0.6) is 0 Å². The maximum atomic E-state index is 6.18. The van der Waals surface area contributed by atoms with Gasteiger partial charge in [0.05, 0.1) is 0 Å². The van der Waals surface area contributed by atoms with Crippen LogP contribution in [0.25, 0.3) is 0 Å². The molecule has 0 aromatic heterocycles. The van der Waals surface area contributed by atoms with Gasteiger partial charge in [0.15, 0.2) is 0 Å². The molecule has 0 aromatic rings. The van der Waals surface area contributed by atoms with Crippen molar-refractivity contribution in [2.24, 2.45) is 11.5 Å². The molecule has 1 unspecified atom stereocenters. The Morgan fingerprint density at radius 3 is 0.976 bits per heavy atom. The first kappa shape index (κ1) is 45.2. The molecule has 0 rings (SSSR count). The number of unbranched alkanes of at least 4 members (excludes halogenated alkanes) is 24. The van der Waals surface area contributed by atoms with Gasteiger partial charge in [0.25, 0.3) is 0 Å². The van der Waals surface area contributed by atoms with Gasteiger partial charge in [0, 0.05) is 6.04 Å². The van der Waals surface area contributed by atoms with E-state index in [1.165, 1.54) is 193 Å². The van der Waals surface area contributed by atoms with Crippen LogP contribution in [0.2, 0.25) is 0 Å². The van der Waals surface area contributed by atoms with E-state index >= 15 is 0 Å². The predicted molar refractivity (Wildman–Crippen MR) is 188 cm³/mol. The second kappa shape index (κ2) is 44.3. The van der Waals surface area contributed by atoms with Gasteiger partial charge < -0.3 is 16.8 Å². The predicted octanol–water partition coefficient (Wildman–Crippen LogP) is 11.8. The summed E-state index contributed by atoms with van der Waals surface area (Å²) in [5, 5.41) is 3.45. The minimum atomic E-state index is 0. The molecule has 0 amide bonds. The Labute approximate surface area is 260 Å². The van der Waals surface area contributed by atoms with E-state index < -0.39 is 0 Å². The average molecular weight is 588 g/mol. The zero-order valence-corrected chi connectivity index (χ0v) is 29.0. The van der Waals surface area contributed by atoms with Crippen molar-refractivity contribution in [3.63, 3.8) is 0 Å². The summed E-state index contributed by atoms with van der Waals surface area (Å²) in [6.07, 6.45) is 41.9. The van der Waals surface area contributed by atoms with Crippen LogP contribution in [-0.2, 0) is 0 Å². The number of nitrogens with two attached hydrogens (primary N) is 2. The Balaban J connectivity index is -0.000000691. The maximum Gasteiger partial charge on any atom is 0.00388 e. The molecule has 41 heavy (non-hydrogen) atoms. The van der Waals surface area contributed by atoms with E-state index in [1.807, 2.05) is 0 Å². The zero-order valence-electron chi connectivity index (χ0n) is 29.0. The van der Waals surface area contributed by atoms with Gasteiger partial charge in [0.1, 0.15) is 0 Å². The fourth-order valence-corrected chi connectivity index (χ4v) is 5.49. The van der Waals surface area contributed by atoms with E-state index in [9.17, 15) is 0 Å². The van der Waals surface area contributed by atoms with E-state index in [0.717, 1.165) is 19.5 Å². The Morgan fingerprint density at radius 2 is 0.659 bits per heavy atom. The largest absolute Gasteiger partial charge is 0.330 e. The van der Waals surface area contributed by atoms with Crippen molar-refractivity contribution in [3.05, 3.63) is 0 Å². The highest BCUT2D eigenvalue weighted by Crippen LogP contribution is 2.14. The zero-order chi connectivity index (χ0) is 29.6. The van der Waals surface area contributed by atoms with Crippen molar-refractivity contribution in [2.75, 3.05) is 19.6 Å². The van der Waals surface area contributed by atoms with E-state index in [0.29, 0.717) is 6.04 Å². The second-order valence-corrected chi connectivity index (χ2v) is 12.7. The molecule has 0 bridgehead atoms. The lowest BCUT2D eigenvalue weighted by Gasteiger charge is -2.11. The number of rotatable bonds is 33. The minimum absolute atomic E-state index is 0. The van der Waals surface area contributed by atoms with Gasteiger partial charge in [-0.05, 0) is 45.3 Å². The molecular weight excluding hydrogens is 505 g/mol. The number of nitrogens with one attached hydrogen (secondary N) is 1. The summed E-state index contributed by atoms with van der Waals surface area (Å²) in [7, 11) is 0. The Kier molecular flexibility index (Phi) is 48.8. The van der Waals surface area contributed by atoms with E-state index in [4.69, 9.17) is 11.5 Å². The molecule has 0 radical (unpaired) electrons. The van der Waals surface area contributed by atoms with Crippen molar-refractivity contribution in [1.82, 2.24) is 5.32 Å². The van der Waals surface area contributed by atoms with Crippen molar-refractivity contribution in [3.8, 4) is 0 Å². The van der Waals surface area contributed by atoms with Gasteiger partial charge in [-0.2, -0.15) is 0 Å². The summed E-state index contributed by atoms with van der Waals surface area (Å²) < 4.78 is 0. The van der Waals surface area contributed by atoms with Gasteiger partial charge >= 0.3 is 0 Å². The van der Waals surface area contributed by atoms with E-state index in [2.05, 4.69) is 26.1 Å². The topological polar surface area (TPSA) is 64.1 Å². The third-order valence-electron chi connectivity index (χ3n) is 8.37. The number of hydrogen-bond donors (Lipinski definition) is 3. The van der Waals surface area contributed by atoms with Gasteiger partial charge in [0.2, 0.25) is 0 Å². The number of halogens is 1. The Bertz CT molecular complexity index is 390. The van der Waals surface area contributed by atoms with Crippen molar-refractivity contribution in [1.29, 1.82) is 0 Å². The fraction of sp³-hybridized carbons (Fsp3) is 1.00. The van der Waals surface area contributed by atoms with Crippen molar-refractivity contribution < 1.29 is 4.70 Å². The first-order valence-electron chi connectivity index (χ1n) is 18.9. The Morgan fingerprint density at radius 1 is 0.390 bits per heavy atom. The maximum absolute atomic E-state index is 6.18. The smallest absolute Gasteiger partial charge is 0.00388 e. The summed E-state index contributed by atoms with van der Waals surface area (Å²) in [5.41, 5.74) is 11.6. The van der Waals surface area contributed by atoms with Crippen LogP contribution in [0.4, 0.5) is 4.70 Å². The normalized spacial score (nSPS) is 11.6. The van der Waals surface area contributed by atoms with Crippen LogP contribution in [0.1, 0.15) is 213 Å². The molecular formula is C37H82FN3. The molecule has 0 aliphatic carbocycles. The molecule has 252 valence electrons. The minimum Gasteiger partial charge on any atom is -0.330 e. The van der Waals surface area contributed by atoms with E-state index in [1.54, 1.807) is 0 Å². The highest BCUT2D eigenvalue weighted by Gasteiger charge is 2.02. The third-order valence-corrected chi connectivity index (χ3v) is 8.37. The molecule has 0 spiro atoms. The summed E-state index contributed by atoms with van der Waals surface area (Å²) >= 11 is 0. The quantitative estimate of drug-likeness (QED) is 0.0669. The van der Waals surface area contributed by atoms with Crippen LogP contribution >= 0.6 is 0 Å². The third kappa shape index (κ3) is 47.0. The van der Waals surface area contributed by atoms with Crippen LogP contribution in [-0.4, -0.2) is 25.7 Å². The molecule has 4 heteroatoms. The lowest BCUT2D eigenvalue weighted by molar-refractivity contribution is 0.483. The highest BCUT2D eigenvalue weighted by molar-refractivity contribution is 4.62. The van der Waals surface area contributed by atoms with Gasteiger partial charge in [-0.15, -0.1) is 0 Å². The number of hydrogen-bond acceptors (Lipinski definition) is 3. The van der Waals surface area contributed by atoms with Crippen LogP contribution in [0.3, 0.4) is 0 Å². The van der Waals surface area contributed by atoms with Crippen LogP contribution in [0, 0.1) is 0 Å². The summed E-state index contributed by atoms with van der Waals surface area (Å²) in [5.74, 6) is 0. The van der Waals surface area contributed by atoms with Crippen molar-refractivity contribution in [2.45, 2.75) is 219 Å². The molecule has 0 saturated heterocycles. The lowest BCUT2D eigenvalue weighted by atomic mass is 10.0. The second-order valence-electron chi connectivity index (χ2n) is 12.7. The SMILES string of the molecule is CCCCCCCCCC(N)CCCCCCCC.CCCCCCCCCCCCCCCCNCCCN.F. The molecule has 0 fully saturated rings. The molecule has 0 aromatic carbocycles. The molecule has 1 atom stereocenters. The first-order valence-corrected chi connectivity index (χ1v) is 18.9. The monoisotopic (exact) mass is 588 g/mol. The molecule has 0 heterocycles. The molecule has 0 aliphatic rings. The van der Waals surface area contributed by atoms with Crippen LogP contribution in [0.15, 0.2) is 0 Å². The summed E-state index contributed by atoms with van der Waals surface area (Å²) in [6, 6.07) is 0.474. The van der Waals surface area contributed by atoms with Gasteiger partial charge in [-0.1, -0.05) is 188 Å². The van der Waals surface area contributed by atoms with Gasteiger partial charge in [-0.25, -0.2) is 0 Å². The highest BCUT2D eigenvalue weighted by atomic mass is 19.0.